The van der Waals surface area contributed by atoms with E-state index in [4.69, 9.17) is 10.5 Å². The Morgan fingerprint density at radius 1 is 1.29 bits per heavy atom. The second-order valence-corrected chi connectivity index (χ2v) is 6.73. The van der Waals surface area contributed by atoms with Crippen molar-refractivity contribution in [1.29, 1.82) is 0 Å². The number of nitrogens with zero attached hydrogens (tertiary/aromatic N) is 1. The second kappa shape index (κ2) is 7.28. The lowest BCUT2D eigenvalue weighted by atomic mass is 9.83. The average Bonchev–Trinajstić information content (AvgIpc) is 2.48. The first-order valence-electron chi connectivity index (χ1n) is 8.11. The Labute approximate surface area is 129 Å². The minimum absolute atomic E-state index is 0.0928. The summed E-state index contributed by atoms with van der Waals surface area (Å²) in [6.45, 7) is 4.21. The molecule has 1 saturated carbocycles. The van der Waals surface area contributed by atoms with Gasteiger partial charge in [0.1, 0.15) is 5.75 Å². The number of hydrogen-bond acceptors (Lipinski definition) is 3. The van der Waals surface area contributed by atoms with Crippen molar-refractivity contribution in [2.45, 2.75) is 44.6 Å². The average molecular weight is 290 g/mol. The molecule has 1 unspecified atom stereocenters. The standard InChI is InChI=1S/C18H30N2O/c1-18(14-19,20(2)13-16-5-4-6-16)12-11-15-7-9-17(21-3)10-8-15/h7-10,16H,4-6,11-14,19H2,1-3H3. The fourth-order valence-electron chi connectivity index (χ4n) is 2.94. The molecule has 2 rings (SSSR count). The van der Waals surface area contributed by atoms with Crippen molar-refractivity contribution in [2.24, 2.45) is 11.7 Å². The van der Waals surface area contributed by atoms with Gasteiger partial charge in [-0.15, -0.1) is 0 Å². The molecule has 1 aliphatic carbocycles. The summed E-state index contributed by atoms with van der Waals surface area (Å²) in [6, 6.07) is 8.38. The van der Waals surface area contributed by atoms with Crippen molar-refractivity contribution in [2.75, 3.05) is 27.2 Å². The Morgan fingerprint density at radius 2 is 1.95 bits per heavy atom. The van der Waals surface area contributed by atoms with Crippen LogP contribution in [0.2, 0.25) is 0 Å². The summed E-state index contributed by atoms with van der Waals surface area (Å²) < 4.78 is 5.21. The van der Waals surface area contributed by atoms with Crippen molar-refractivity contribution >= 4 is 0 Å². The zero-order valence-corrected chi connectivity index (χ0v) is 13.8. The number of rotatable bonds is 8. The first-order chi connectivity index (χ1) is 10.1. The van der Waals surface area contributed by atoms with Crippen molar-refractivity contribution in [3.63, 3.8) is 0 Å². The Bertz CT molecular complexity index is 427. The monoisotopic (exact) mass is 290 g/mol. The molecule has 1 fully saturated rings. The van der Waals surface area contributed by atoms with Gasteiger partial charge in [0.25, 0.3) is 0 Å². The van der Waals surface area contributed by atoms with Gasteiger partial charge in [-0.2, -0.15) is 0 Å². The Balaban J connectivity index is 1.89. The molecule has 1 aliphatic rings. The van der Waals surface area contributed by atoms with Crippen LogP contribution in [-0.2, 0) is 6.42 Å². The number of ether oxygens (including phenoxy) is 1. The van der Waals surface area contributed by atoms with Gasteiger partial charge in [-0.3, -0.25) is 4.90 Å². The van der Waals surface area contributed by atoms with Crippen LogP contribution in [0.5, 0.6) is 5.75 Å². The van der Waals surface area contributed by atoms with Crippen LogP contribution in [0.3, 0.4) is 0 Å². The molecule has 1 aromatic rings. The first kappa shape index (κ1) is 16.3. The largest absolute Gasteiger partial charge is 0.497 e. The van der Waals surface area contributed by atoms with Gasteiger partial charge in [0.05, 0.1) is 7.11 Å². The SMILES string of the molecule is COc1ccc(CCC(C)(CN)N(C)CC2CCC2)cc1. The minimum Gasteiger partial charge on any atom is -0.497 e. The molecule has 1 atom stereocenters. The Morgan fingerprint density at radius 3 is 2.43 bits per heavy atom. The van der Waals surface area contributed by atoms with Crippen LogP contribution < -0.4 is 10.5 Å². The number of benzene rings is 1. The predicted octanol–water partition coefficient (Wildman–Crippen LogP) is 3.08. The molecule has 0 bridgehead atoms. The lowest BCUT2D eigenvalue weighted by Gasteiger charge is -2.42. The summed E-state index contributed by atoms with van der Waals surface area (Å²) in [7, 11) is 3.94. The van der Waals surface area contributed by atoms with Gasteiger partial charge in [0.15, 0.2) is 0 Å². The molecule has 0 radical (unpaired) electrons. The van der Waals surface area contributed by atoms with Gasteiger partial charge >= 0.3 is 0 Å². The van der Waals surface area contributed by atoms with Crippen LogP contribution in [0.25, 0.3) is 0 Å². The predicted molar refractivity (Wildman–Crippen MR) is 88.7 cm³/mol. The fraction of sp³-hybridized carbons (Fsp3) is 0.667. The molecular formula is C18H30N2O. The maximum Gasteiger partial charge on any atom is 0.118 e. The summed E-state index contributed by atoms with van der Waals surface area (Å²) in [6.07, 6.45) is 6.35. The van der Waals surface area contributed by atoms with E-state index in [-0.39, 0.29) is 5.54 Å². The second-order valence-electron chi connectivity index (χ2n) is 6.73. The lowest BCUT2D eigenvalue weighted by Crippen LogP contribution is -2.52. The zero-order valence-electron chi connectivity index (χ0n) is 13.8. The molecule has 3 nitrogen and oxygen atoms in total. The molecule has 0 amide bonds. The van der Waals surface area contributed by atoms with Gasteiger partial charge in [0, 0.05) is 18.6 Å². The summed E-state index contributed by atoms with van der Waals surface area (Å²) in [4.78, 5) is 2.49. The van der Waals surface area contributed by atoms with E-state index in [1.807, 2.05) is 12.1 Å². The summed E-state index contributed by atoms with van der Waals surface area (Å²) in [5.41, 5.74) is 7.54. The van der Waals surface area contributed by atoms with Crippen LogP contribution >= 0.6 is 0 Å². The molecule has 0 spiro atoms. The van der Waals surface area contributed by atoms with Gasteiger partial charge in [-0.05, 0) is 63.3 Å². The van der Waals surface area contributed by atoms with Crippen LogP contribution in [0.15, 0.2) is 24.3 Å². The maximum absolute atomic E-state index is 6.09. The number of nitrogens with two attached hydrogens (primary N) is 1. The van der Waals surface area contributed by atoms with E-state index >= 15 is 0 Å². The van der Waals surface area contributed by atoms with Gasteiger partial charge in [-0.1, -0.05) is 18.6 Å². The quantitative estimate of drug-likeness (QED) is 0.799. The van der Waals surface area contributed by atoms with E-state index < -0.39 is 0 Å². The summed E-state index contributed by atoms with van der Waals surface area (Å²) in [5.74, 6) is 1.81. The van der Waals surface area contributed by atoms with E-state index in [9.17, 15) is 0 Å². The number of methoxy groups -OCH3 is 1. The third kappa shape index (κ3) is 4.21. The molecule has 118 valence electrons. The number of likely N-dealkylation sites (N-methyl/N-ethyl adjacent to an activating group) is 1. The molecule has 0 aliphatic heterocycles. The van der Waals surface area contributed by atoms with E-state index in [2.05, 4.69) is 31.0 Å². The van der Waals surface area contributed by atoms with E-state index in [1.54, 1.807) is 7.11 Å². The van der Waals surface area contributed by atoms with Crippen molar-refractivity contribution < 1.29 is 4.74 Å². The van der Waals surface area contributed by atoms with Gasteiger partial charge in [-0.25, -0.2) is 0 Å². The van der Waals surface area contributed by atoms with Crippen LogP contribution in [0, 0.1) is 5.92 Å². The summed E-state index contributed by atoms with van der Waals surface area (Å²) in [5, 5.41) is 0. The normalized spacial score (nSPS) is 18.3. The molecule has 3 heteroatoms. The minimum atomic E-state index is 0.0928. The maximum atomic E-state index is 6.09. The lowest BCUT2D eigenvalue weighted by molar-refractivity contribution is 0.0914. The Kier molecular flexibility index (Phi) is 5.65. The fourth-order valence-corrected chi connectivity index (χ4v) is 2.94. The number of aryl methyl sites for hydroxylation is 1. The summed E-state index contributed by atoms with van der Waals surface area (Å²) >= 11 is 0. The highest BCUT2D eigenvalue weighted by molar-refractivity contribution is 5.27. The van der Waals surface area contributed by atoms with E-state index in [0.717, 1.165) is 24.5 Å². The van der Waals surface area contributed by atoms with Crippen LogP contribution in [0.1, 0.15) is 38.2 Å². The highest BCUT2D eigenvalue weighted by atomic mass is 16.5. The zero-order chi connectivity index (χ0) is 15.3. The van der Waals surface area contributed by atoms with Crippen molar-refractivity contribution in [3.05, 3.63) is 29.8 Å². The van der Waals surface area contributed by atoms with Crippen molar-refractivity contribution in [3.8, 4) is 5.75 Å². The van der Waals surface area contributed by atoms with Gasteiger partial charge < -0.3 is 10.5 Å². The molecule has 0 heterocycles. The highest BCUT2D eigenvalue weighted by Crippen LogP contribution is 2.30. The van der Waals surface area contributed by atoms with Crippen LogP contribution in [0.4, 0.5) is 0 Å². The Hall–Kier alpha value is -1.06. The molecule has 0 aromatic heterocycles. The highest BCUT2D eigenvalue weighted by Gasteiger charge is 2.30. The molecule has 0 saturated heterocycles. The molecule has 2 N–H and O–H groups in total. The van der Waals surface area contributed by atoms with E-state index in [1.165, 1.54) is 31.4 Å². The molecular weight excluding hydrogens is 260 g/mol. The first-order valence-corrected chi connectivity index (χ1v) is 8.11. The van der Waals surface area contributed by atoms with Gasteiger partial charge in [0.2, 0.25) is 0 Å². The smallest absolute Gasteiger partial charge is 0.118 e. The third-order valence-electron chi connectivity index (χ3n) is 5.23. The topological polar surface area (TPSA) is 38.5 Å². The third-order valence-corrected chi connectivity index (χ3v) is 5.23. The number of hydrogen-bond donors (Lipinski definition) is 1. The molecule has 21 heavy (non-hydrogen) atoms. The van der Waals surface area contributed by atoms with Crippen LogP contribution in [-0.4, -0.2) is 37.7 Å². The van der Waals surface area contributed by atoms with Crippen molar-refractivity contribution in [1.82, 2.24) is 4.90 Å². The van der Waals surface area contributed by atoms with E-state index in [0.29, 0.717) is 6.54 Å². The molecule has 1 aromatic carbocycles.